The summed E-state index contributed by atoms with van der Waals surface area (Å²) < 4.78 is 51.8. The number of hydrogen-bond donors (Lipinski definition) is 1. The Morgan fingerprint density at radius 1 is 1.32 bits per heavy atom. The summed E-state index contributed by atoms with van der Waals surface area (Å²) in [6, 6.07) is 3.16. The highest BCUT2D eigenvalue weighted by Crippen LogP contribution is 2.42. The predicted molar refractivity (Wildman–Crippen MR) is 70.3 cm³/mol. The van der Waals surface area contributed by atoms with Crippen LogP contribution in [-0.4, -0.2) is 36.2 Å². The number of halogens is 4. The highest BCUT2D eigenvalue weighted by Gasteiger charge is 2.45. The highest BCUT2D eigenvalue weighted by atomic mass is 19.3. The zero-order valence-electron chi connectivity index (χ0n) is 11.7. The van der Waals surface area contributed by atoms with Crippen LogP contribution in [0.5, 0.6) is 0 Å². The number of carbonyl (C=O) groups is 2. The van der Waals surface area contributed by atoms with Gasteiger partial charge in [-0.2, -0.15) is 0 Å². The summed E-state index contributed by atoms with van der Waals surface area (Å²) in [6.07, 6.45) is -0.657. The first-order valence-corrected chi connectivity index (χ1v) is 6.58. The summed E-state index contributed by atoms with van der Waals surface area (Å²) in [5.41, 5.74) is -0.457. The average molecular weight is 318 g/mol. The second kappa shape index (κ2) is 5.94. The highest BCUT2D eigenvalue weighted by molar-refractivity contribution is 6.39. The molecule has 1 aliphatic carbocycles. The quantitative estimate of drug-likeness (QED) is 0.687. The SMILES string of the molecule is CN(CC1CC(F)(F)C1)C(=O)C(=O)Nc1cccc(F)c1F. The van der Waals surface area contributed by atoms with E-state index < -0.39 is 35.1 Å². The monoisotopic (exact) mass is 318 g/mol. The molecule has 1 aromatic rings. The fourth-order valence-electron chi connectivity index (χ4n) is 2.33. The van der Waals surface area contributed by atoms with E-state index in [4.69, 9.17) is 0 Å². The smallest absolute Gasteiger partial charge is 0.313 e. The van der Waals surface area contributed by atoms with E-state index in [1.54, 1.807) is 0 Å². The van der Waals surface area contributed by atoms with Gasteiger partial charge in [0.25, 0.3) is 0 Å². The Labute approximate surface area is 124 Å². The topological polar surface area (TPSA) is 49.4 Å². The van der Waals surface area contributed by atoms with Crippen LogP contribution < -0.4 is 5.32 Å². The van der Waals surface area contributed by atoms with Gasteiger partial charge >= 0.3 is 11.8 Å². The average Bonchev–Trinajstić information content (AvgIpc) is 2.40. The number of hydrogen-bond acceptors (Lipinski definition) is 2. The molecule has 22 heavy (non-hydrogen) atoms. The molecule has 0 unspecified atom stereocenters. The Balaban J connectivity index is 1.92. The summed E-state index contributed by atoms with van der Waals surface area (Å²) in [7, 11) is 1.29. The molecule has 0 heterocycles. The molecule has 0 saturated heterocycles. The van der Waals surface area contributed by atoms with Crippen LogP contribution in [0, 0.1) is 17.6 Å². The van der Waals surface area contributed by atoms with Crippen molar-refractivity contribution in [1.82, 2.24) is 4.90 Å². The second-order valence-electron chi connectivity index (χ2n) is 5.37. The van der Waals surface area contributed by atoms with Crippen LogP contribution >= 0.6 is 0 Å². The maximum absolute atomic E-state index is 13.4. The number of anilines is 1. The van der Waals surface area contributed by atoms with E-state index in [-0.39, 0.29) is 25.3 Å². The van der Waals surface area contributed by atoms with Crippen LogP contribution in [0.4, 0.5) is 23.2 Å². The van der Waals surface area contributed by atoms with Crippen LogP contribution in [0.25, 0.3) is 0 Å². The van der Waals surface area contributed by atoms with Gasteiger partial charge in [-0.1, -0.05) is 6.07 Å². The van der Waals surface area contributed by atoms with Crippen molar-refractivity contribution in [3.05, 3.63) is 29.8 Å². The van der Waals surface area contributed by atoms with Gasteiger partial charge < -0.3 is 10.2 Å². The standard InChI is InChI=1S/C14H14F4N2O2/c1-20(7-8-5-14(17,18)6-8)13(22)12(21)19-10-4-2-3-9(15)11(10)16/h2-4,8H,5-7H2,1H3,(H,19,21). The minimum Gasteiger partial charge on any atom is -0.337 e. The molecule has 0 radical (unpaired) electrons. The molecule has 1 aromatic carbocycles. The van der Waals surface area contributed by atoms with E-state index in [2.05, 4.69) is 0 Å². The number of likely N-dealkylation sites (N-methyl/N-ethyl adjacent to an activating group) is 1. The molecule has 0 aliphatic heterocycles. The molecule has 2 amide bonds. The van der Waals surface area contributed by atoms with Gasteiger partial charge in [-0.15, -0.1) is 0 Å². The molecule has 0 spiro atoms. The van der Waals surface area contributed by atoms with Crippen molar-refractivity contribution in [2.75, 3.05) is 18.9 Å². The number of benzene rings is 1. The van der Waals surface area contributed by atoms with E-state index in [1.165, 1.54) is 13.1 Å². The fraction of sp³-hybridized carbons (Fsp3) is 0.429. The van der Waals surface area contributed by atoms with Gasteiger partial charge in [0, 0.05) is 26.4 Å². The largest absolute Gasteiger partial charge is 0.337 e. The number of nitrogens with one attached hydrogen (secondary N) is 1. The Morgan fingerprint density at radius 2 is 1.95 bits per heavy atom. The van der Waals surface area contributed by atoms with Crippen molar-refractivity contribution in [3.63, 3.8) is 0 Å². The molecule has 4 nitrogen and oxygen atoms in total. The van der Waals surface area contributed by atoms with Gasteiger partial charge in [0.15, 0.2) is 11.6 Å². The Kier molecular flexibility index (Phi) is 4.39. The normalized spacial score (nSPS) is 16.8. The molecular formula is C14H14F4N2O2. The predicted octanol–water partition coefficient (Wildman–Crippen LogP) is 2.41. The van der Waals surface area contributed by atoms with E-state index in [0.717, 1.165) is 17.0 Å². The summed E-state index contributed by atoms with van der Waals surface area (Å²) in [5, 5.41) is 1.96. The van der Waals surface area contributed by atoms with Crippen molar-refractivity contribution >= 4 is 17.5 Å². The van der Waals surface area contributed by atoms with E-state index >= 15 is 0 Å². The van der Waals surface area contributed by atoms with Crippen molar-refractivity contribution in [2.24, 2.45) is 5.92 Å². The molecular weight excluding hydrogens is 304 g/mol. The van der Waals surface area contributed by atoms with Crippen molar-refractivity contribution in [3.8, 4) is 0 Å². The zero-order chi connectivity index (χ0) is 16.5. The lowest BCUT2D eigenvalue weighted by atomic mass is 9.81. The molecule has 0 aromatic heterocycles. The summed E-state index contributed by atoms with van der Waals surface area (Å²) in [5.74, 6) is -7.67. The number of rotatable bonds is 3. The number of nitrogens with zero attached hydrogens (tertiary/aromatic N) is 1. The summed E-state index contributed by atoms with van der Waals surface area (Å²) >= 11 is 0. The Hall–Kier alpha value is -2.12. The third-order valence-electron chi connectivity index (χ3n) is 3.45. The van der Waals surface area contributed by atoms with Crippen molar-refractivity contribution < 1.29 is 27.2 Å². The van der Waals surface area contributed by atoms with Crippen LogP contribution in [0.1, 0.15) is 12.8 Å². The van der Waals surface area contributed by atoms with Crippen LogP contribution in [0.2, 0.25) is 0 Å². The van der Waals surface area contributed by atoms with Crippen molar-refractivity contribution in [2.45, 2.75) is 18.8 Å². The molecule has 0 atom stereocenters. The summed E-state index contributed by atoms with van der Waals surface area (Å²) in [6.45, 7) is 0.00742. The van der Waals surface area contributed by atoms with E-state index in [9.17, 15) is 27.2 Å². The lowest BCUT2D eigenvalue weighted by Crippen LogP contribution is -2.45. The molecule has 1 fully saturated rings. The first-order chi connectivity index (χ1) is 10.2. The van der Waals surface area contributed by atoms with E-state index in [0.29, 0.717) is 0 Å². The lowest BCUT2D eigenvalue weighted by Gasteiger charge is -2.36. The Bertz CT molecular complexity index is 599. The molecule has 1 aliphatic rings. The van der Waals surface area contributed by atoms with Gasteiger partial charge in [0.05, 0.1) is 5.69 Å². The number of alkyl halides is 2. The minimum absolute atomic E-state index is 0.00742. The first-order valence-electron chi connectivity index (χ1n) is 6.58. The molecule has 120 valence electrons. The number of amides is 2. The van der Waals surface area contributed by atoms with Crippen LogP contribution in [0.15, 0.2) is 18.2 Å². The third kappa shape index (κ3) is 3.55. The maximum Gasteiger partial charge on any atom is 0.313 e. The lowest BCUT2D eigenvalue weighted by molar-refractivity contribution is -0.146. The fourth-order valence-corrected chi connectivity index (χ4v) is 2.33. The van der Waals surface area contributed by atoms with Crippen LogP contribution in [-0.2, 0) is 9.59 Å². The van der Waals surface area contributed by atoms with Gasteiger partial charge in [-0.3, -0.25) is 9.59 Å². The van der Waals surface area contributed by atoms with Gasteiger partial charge in [0.2, 0.25) is 5.92 Å². The third-order valence-corrected chi connectivity index (χ3v) is 3.45. The first kappa shape index (κ1) is 16.3. The zero-order valence-corrected chi connectivity index (χ0v) is 11.7. The van der Waals surface area contributed by atoms with Crippen LogP contribution in [0.3, 0.4) is 0 Å². The van der Waals surface area contributed by atoms with Crippen molar-refractivity contribution in [1.29, 1.82) is 0 Å². The second-order valence-corrected chi connectivity index (χ2v) is 5.37. The summed E-state index contributed by atoms with van der Waals surface area (Å²) in [4.78, 5) is 24.5. The Morgan fingerprint density at radius 3 is 2.55 bits per heavy atom. The van der Waals surface area contributed by atoms with Gasteiger partial charge in [-0.25, -0.2) is 17.6 Å². The minimum atomic E-state index is -2.71. The molecule has 2 rings (SSSR count). The number of carbonyl (C=O) groups excluding carboxylic acids is 2. The molecule has 0 bridgehead atoms. The van der Waals surface area contributed by atoms with Gasteiger partial charge in [-0.05, 0) is 18.1 Å². The van der Waals surface area contributed by atoms with E-state index in [1.807, 2.05) is 5.32 Å². The molecule has 8 heteroatoms. The molecule has 1 N–H and O–H groups in total. The van der Waals surface area contributed by atoms with Gasteiger partial charge in [0.1, 0.15) is 0 Å². The maximum atomic E-state index is 13.4. The molecule has 1 saturated carbocycles.